The molecule has 4 N–H and O–H groups in total. The smallest absolute Gasteiger partial charge is 0.229 e. The van der Waals surface area contributed by atoms with Crippen LogP contribution in [0.25, 0.3) is 5.57 Å². The first-order valence-corrected chi connectivity index (χ1v) is 9.85. The minimum atomic E-state index is -0.602. The number of nitrogens with one attached hydrogen (secondary N) is 3. The number of nitrogens with zero attached hydrogens (tertiary/aromatic N) is 2. The number of benzene rings is 1. The molecular formula is C21H26FN5O2. The van der Waals surface area contributed by atoms with Crippen molar-refractivity contribution >= 4 is 23.0 Å². The second-order valence-corrected chi connectivity index (χ2v) is 7.49. The average Bonchev–Trinajstić information content (AvgIpc) is 3.08. The van der Waals surface area contributed by atoms with Crippen molar-refractivity contribution in [3.8, 4) is 5.75 Å². The van der Waals surface area contributed by atoms with E-state index in [9.17, 15) is 5.11 Å². The van der Waals surface area contributed by atoms with Gasteiger partial charge < -0.3 is 25.8 Å². The van der Waals surface area contributed by atoms with Gasteiger partial charge in [0.15, 0.2) is 5.82 Å². The lowest BCUT2D eigenvalue weighted by atomic mass is 9.94. The van der Waals surface area contributed by atoms with Gasteiger partial charge in [0.2, 0.25) is 5.95 Å². The summed E-state index contributed by atoms with van der Waals surface area (Å²) in [6.07, 6.45) is 2.39. The highest BCUT2D eigenvalue weighted by Crippen LogP contribution is 2.42. The van der Waals surface area contributed by atoms with E-state index in [0.29, 0.717) is 54.8 Å². The lowest BCUT2D eigenvalue weighted by molar-refractivity contribution is 0.143. The first-order chi connectivity index (χ1) is 14.0. The molecule has 4 rings (SSSR count). The van der Waals surface area contributed by atoms with Crippen LogP contribution in [-0.2, 0) is 6.42 Å². The van der Waals surface area contributed by atoms with E-state index in [1.807, 2.05) is 26.0 Å². The minimum Gasteiger partial charge on any atom is -0.492 e. The number of fused-ring (bicyclic) bond motifs is 1. The molecule has 1 aromatic carbocycles. The summed E-state index contributed by atoms with van der Waals surface area (Å²) in [5, 5.41) is 19.6. The summed E-state index contributed by atoms with van der Waals surface area (Å²) in [5.41, 5.74) is 3.17. The fourth-order valence-corrected chi connectivity index (χ4v) is 3.76. The van der Waals surface area contributed by atoms with E-state index < -0.39 is 11.9 Å². The van der Waals surface area contributed by atoms with Gasteiger partial charge in [-0.1, -0.05) is 6.08 Å². The molecule has 2 aromatic rings. The molecule has 2 atom stereocenters. The highest BCUT2D eigenvalue weighted by atomic mass is 19.1. The molecule has 0 bridgehead atoms. The molecule has 3 heterocycles. The van der Waals surface area contributed by atoms with Crippen molar-refractivity contribution in [2.75, 3.05) is 30.8 Å². The zero-order chi connectivity index (χ0) is 20.5. The largest absolute Gasteiger partial charge is 0.492 e. The molecule has 0 saturated heterocycles. The van der Waals surface area contributed by atoms with Crippen LogP contribution in [0, 0.1) is 12.7 Å². The lowest BCUT2D eigenvalue weighted by Gasteiger charge is -2.19. The number of halogens is 1. The van der Waals surface area contributed by atoms with Crippen LogP contribution < -0.4 is 20.7 Å². The Morgan fingerprint density at radius 3 is 2.93 bits per heavy atom. The number of aryl methyl sites for hydroxylation is 1. The Morgan fingerprint density at radius 2 is 2.14 bits per heavy atom. The van der Waals surface area contributed by atoms with Crippen LogP contribution in [0.4, 0.5) is 21.8 Å². The molecule has 154 valence electrons. The maximum absolute atomic E-state index is 15.7. The van der Waals surface area contributed by atoms with Crippen molar-refractivity contribution in [1.82, 2.24) is 15.3 Å². The third-order valence-electron chi connectivity index (χ3n) is 5.38. The Bertz CT molecular complexity index is 963. The van der Waals surface area contributed by atoms with Crippen molar-refractivity contribution in [2.24, 2.45) is 0 Å². The molecule has 0 saturated carbocycles. The fourth-order valence-electron chi connectivity index (χ4n) is 3.76. The number of ether oxygens (including phenoxy) is 1. The van der Waals surface area contributed by atoms with Crippen LogP contribution in [-0.4, -0.2) is 47.4 Å². The van der Waals surface area contributed by atoms with Gasteiger partial charge >= 0.3 is 0 Å². The van der Waals surface area contributed by atoms with Gasteiger partial charge in [0.25, 0.3) is 0 Å². The van der Waals surface area contributed by atoms with Crippen LogP contribution >= 0.6 is 0 Å². The molecular weight excluding hydrogens is 373 g/mol. The predicted octanol–water partition coefficient (Wildman–Crippen LogP) is 2.77. The molecule has 8 heteroatoms. The molecule has 2 aliphatic heterocycles. The van der Waals surface area contributed by atoms with Crippen LogP contribution in [0.2, 0.25) is 0 Å². The van der Waals surface area contributed by atoms with Gasteiger partial charge in [0.1, 0.15) is 11.6 Å². The molecule has 0 amide bonds. The summed E-state index contributed by atoms with van der Waals surface area (Å²) in [6.45, 7) is 4.86. The van der Waals surface area contributed by atoms with E-state index in [1.165, 1.54) is 0 Å². The van der Waals surface area contributed by atoms with Crippen molar-refractivity contribution in [2.45, 2.75) is 38.8 Å². The van der Waals surface area contributed by atoms with E-state index in [2.05, 4.69) is 25.9 Å². The Kier molecular flexibility index (Phi) is 5.38. The maximum Gasteiger partial charge on any atom is 0.229 e. The number of aromatic nitrogens is 2. The van der Waals surface area contributed by atoms with E-state index in [1.54, 1.807) is 13.1 Å². The molecule has 0 aliphatic carbocycles. The first kappa shape index (κ1) is 19.6. The van der Waals surface area contributed by atoms with Crippen LogP contribution in [0.1, 0.15) is 30.2 Å². The number of aliphatic hydroxyl groups is 1. The summed E-state index contributed by atoms with van der Waals surface area (Å²) in [7, 11) is 1.77. The first-order valence-electron chi connectivity index (χ1n) is 9.85. The van der Waals surface area contributed by atoms with E-state index in [4.69, 9.17) is 4.74 Å². The number of anilines is 3. The zero-order valence-corrected chi connectivity index (χ0v) is 16.8. The Hall–Kier alpha value is -2.71. The molecule has 0 fully saturated rings. The molecule has 0 unspecified atom stereocenters. The van der Waals surface area contributed by atoms with Gasteiger partial charge in [-0.2, -0.15) is 4.98 Å². The van der Waals surface area contributed by atoms with Crippen LogP contribution in [0.3, 0.4) is 0 Å². The van der Waals surface area contributed by atoms with Gasteiger partial charge in [-0.3, -0.25) is 0 Å². The van der Waals surface area contributed by atoms with E-state index >= 15 is 4.39 Å². The highest BCUT2D eigenvalue weighted by Gasteiger charge is 2.29. The quantitative estimate of drug-likeness (QED) is 0.628. The molecule has 29 heavy (non-hydrogen) atoms. The summed E-state index contributed by atoms with van der Waals surface area (Å²) in [6, 6.07) is 3.51. The highest BCUT2D eigenvalue weighted by molar-refractivity contribution is 5.78. The number of rotatable bonds is 4. The van der Waals surface area contributed by atoms with Crippen molar-refractivity contribution < 1.29 is 14.2 Å². The van der Waals surface area contributed by atoms with Gasteiger partial charge in [-0.05, 0) is 25.5 Å². The Labute approximate surface area is 169 Å². The van der Waals surface area contributed by atoms with Crippen LogP contribution in [0.5, 0.6) is 5.75 Å². The second-order valence-electron chi connectivity index (χ2n) is 7.49. The Morgan fingerprint density at radius 1 is 1.31 bits per heavy atom. The molecule has 0 radical (unpaired) electrons. The number of aliphatic hydroxyl groups excluding tert-OH is 1. The summed E-state index contributed by atoms with van der Waals surface area (Å²) in [5.74, 6) is 1.12. The monoisotopic (exact) mass is 399 g/mol. The normalized spacial score (nSPS) is 21.1. The van der Waals surface area contributed by atoms with Crippen molar-refractivity contribution in [3.05, 3.63) is 40.8 Å². The number of hydrogen-bond donors (Lipinski definition) is 4. The van der Waals surface area contributed by atoms with Crippen molar-refractivity contribution in [1.29, 1.82) is 0 Å². The van der Waals surface area contributed by atoms with E-state index in [0.717, 1.165) is 16.8 Å². The minimum absolute atomic E-state index is 0.0669. The third kappa shape index (κ3) is 3.90. The molecule has 1 aromatic heterocycles. The number of hydrogen-bond acceptors (Lipinski definition) is 7. The molecule has 0 spiro atoms. The van der Waals surface area contributed by atoms with E-state index in [-0.39, 0.29) is 6.04 Å². The topological polar surface area (TPSA) is 91.3 Å². The van der Waals surface area contributed by atoms with Crippen LogP contribution in [0.15, 0.2) is 18.2 Å². The van der Waals surface area contributed by atoms with Crippen molar-refractivity contribution in [3.63, 3.8) is 0 Å². The maximum atomic E-state index is 15.7. The lowest BCUT2D eigenvalue weighted by Crippen LogP contribution is -2.35. The van der Waals surface area contributed by atoms with Gasteiger partial charge in [-0.15, -0.1) is 0 Å². The van der Waals surface area contributed by atoms with Gasteiger partial charge in [-0.25, -0.2) is 9.37 Å². The standard InChI is InChI=1S/C21H26FN5O2/c1-11-8-17(23-3)27-21(25-11)26-15-9-14-5-7-29-20(14)18(19(15)22)13-4-6-24-12(2)16(28)10-13/h4,8-9,12,16,24,28H,5-7,10H2,1-3H3,(H2,23,25,26,27)/t12-,16-/m1/s1. The summed E-state index contributed by atoms with van der Waals surface area (Å²) < 4.78 is 21.5. The second kappa shape index (κ2) is 7.96. The summed E-state index contributed by atoms with van der Waals surface area (Å²) >= 11 is 0. The molecule has 7 nitrogen and oxygen atoms in total. The average molecular weight is 399 g/mol. The zero-order valence-electron chi connectivity index (χ0n) is 16.8. The predicted molar refractivity (Wildman–Crippen MR) is 111 cm³/mol. The SMILES string of the molecule is CNc1cc(C)nc(Nc2cc3c(c(C4=CCN[C@H](C)[C@H](O)C4)c2F)OCC3)n1. The van der Waals surface area contributed by atoms with Gasteiger partial charge in [0, 0.05) is 49.8 Å². The fraction of sp³-hybridized carbons (Fsp3) is 0.429. The van der Waals surface area contributed by atoms with Gasteiger partial charge in [0.05, 0.1) is 24.0 Å². The Balaban J connectivity index is 1.76. The summed E-state index contributed by atoms with van der Waals surface area (Å²) in [4.78, 5) is 8.73. The molecule has 2 aliphatic rings. The third-order valence-corrected chi connectivity index (χ3v) is 5.38.